The fourth-order valence-corrected chi connectivity index (χ4v) is 1.30. The van der Waals surface area contributed by atoms with E-state index in [1.165, 1.54) is 26.4 Å². The van der Waals surface area contributed by atoms with E-state index in [4.69, 9.17) is 0 Å². The standard InChI is InChI=1S/C13H13NO5/c1-18-11(15)7-8-14-12(16)9-5-3-4-6-10(9)13(17)19-2/h3-8H,1-2H3,(H,14,16)/b8-7+. The lowest BCUT2D eigenvalue weighted by Gasteiger charge is -2.06. The number of nitrogens with one attached hydrogen (secondary N) is 1. The smallest absolute Gasteiger partial charge is 0.338 e. The van der Waals surface area contributed by atoms with Crippen molar-refractivity contribution >= 4 is 17.8 Å². The Balaban J connectivity index is 2.85. The summed E-state index contributed by atoms with van der Waals surface area (Å²) in [5, 5.41) is 2.36. The van der Waals surface area contributed by atoms with Gasteiger partial charge in [-0.25, -0.2) is 9.59 Å². The second-order valence-corrected chi connectivity index (χ2v) is 3.37. The normalized spacial score (nSPS) is 10.0. The molecule has 0 fully saturated rings. The van der Waals surface area contributed by atoms with E-state index in [1.54, 1.807) is 12.1 Å². The molecule has 1 rings (SSSR count). The molecule has 1 N–H and O–H groups in total. The molecule has 0 aliphatic carbocycles. The monoisotopic (exact) mass is 263 g/mol. The Kier molecular flexibility index (Phi) is 5.28. The van der Waals surface area contributed by atoms with Gasteiger partial charge in [0.2, 0.25) is 0 Å². The van der Waals surface area contributed by atoms with Gasteiger partial charge < -0.3 is 14.8 Å². The van der Waals surface area contributed by atoms with Crippen molar-refractivity contribution in [1.82, 2.24) is 5.32 Å². The second kappa shape index (κ2) is 6.95. The van der Waals surface area contributed by atoms with E-state index >= 15 is 0 Å². The summed E-state index contributed by atoms with van der Waals surface area (Å²) in [6, 6.07) is 6.19. The molecule has 0 unspecified atom stereocenters. The Morgan fingerprint density at radius 3 is 2.26 bits per heavy atom. The maximum Gasteiger partial charge on any atom is 0.338 e. The van der Waals surface area contributed by atoms with Crippen LogP contribution in [0.5, 0.6) is 0 Å². The highest BCUT2D eigenvalue weighted by molar-refractivity contribution is 6.05. The van der Waals surface area contributed by atoms with E-state index < -0.39 is 17.8 Å². The quantitative estimate of drug-likeness (QED) is 0.644. The van der Waals surface area contributed by atoms with Crippen molar-refractivity contribution < 1.29 is 23.9 Å². The molecular weight excluding hydrogens is 250 g/mol. The number of methoxy groups -OCH3 is 2. The van der Waals surface area contributed by atoms with Gasteiger partial charge in [0.15, 0.2) is 0 Å². The zero-order valence-corrected chi connectivity index (χ0v) is 10.5. The van der Waals surface area contributed by atoms with Gasteiger partial charge in [-0.05, 0) is 12.1 Å². The summed E-state index contributed by atoms with van der Waals surface area (Å²) in [6.07, 6.45) is 2.20. The van der Waals surface area contributed by atoms with Crippen LogP contribution in [0.3, 0.4) is 0 Å². The Bertz CT molecular complexity index is 522. The summed E-state index contributed by atoms with van der Waals surface area (Å²) in [5.74, 6) is -1.73. The van der Waals surface area contributed by atoms with Gasteiger partial charge in [0.1, 0.15) is 0 Å². The Labute approximate surface area is 110 Å². The largest absolute Gasteiger partial charge is 0.466 e. The second-order valence-electron chi connectivity index (χ2n) is 3.37. The average molecular weight is 263 g/mol. The minimum absolute atomic E-state index is 0.147. The topological polar surface area (TPSA) is 81.7 Å². The molecule has 0 aliphatic heterocycles. The summed E-state index contributed by atoms with van der Waals surface area (Å²) in [6.45, 7) is 0. The minimum atomic E-state index is -0.609. The van der Waals surface area contributed by atoms with E-state index in [2.05, 4.69) is 14.8 Å². The van der Waals surface area contributed by atoms with Crippen molar-refractivity contribution in [3.05, 3.63) is 47.7 Å². The first-order valence-electron chi connectivity index (χ1n) is 5.33. The Morgan fingerprint density at radius 1 is 1.05 bits per heavy atom. The zero-order chi connectivity index (χ0) is 14.3. The number of carbonyl (C=O) groups is 3. The number of carbonyl (C=O) groups excluding carboxylic acids is 3. The van der Waals surface area contributed by atoms with E-state index in [9.17, 15) is 14.4 Å². The first-order valence-corrected chi connectivity index (χ1v) is 5.33. The van der Waals surface area contributed by atoms with Crippen LogP contribution < -0.4 is 5.32 Å². The van der Waals surface area contributed by atoms with Crippen LogP contribution in [-0.4, -0.2) is 32.1 Å². The number of hydrogen-bond donors (Lipinski definition) is 1. The third-order valence-electron chi connectivity index (χ3n) is 2.21. The highest BCUT2D eigenvalue weighted by atomic mass is 16.5. The van der Waals surface area contributed by atoms with E-state index in [-0.39, 0.29) is 11.1 Å². The highest BCUT2D eigenvalue weighted by Gasteiger charge is 2.15. The molecule has 6 nitrogen and oxygen atoms in total. The molecular formula is C13H13NO5. The molecule has 0 radical (unpaired) electrons. The highest BCUT2D eigenvalue weighted by Crippen LogP contribution is 2.09. The van der Waals surface area contributed by atoms with Crippen molar-refractivity contribution in [3.63, 3.8) is 0 Å². The molecule has 0 bridgehead atoms. The van der Waals surface area contributed by atoms with Crippen molar-refractivity contribution in [2.24, 2.45) is 0 Å². The molecule has 19 heavy (non-hydrogen) atoms. The van der Waals surface area contributed by atoms with Crippen molar-refractivity contribution in [2.75, 3.05) is 14.2 Å². The van der Waals surface area contributed by atoms with Crippen molar-refractivity contribution in [2.45, 2.75) is 0 Å². The molecule has 6 heteroatoms. The van der Waals surface area contributed by atoms with E-state index in [0.717, 1.165) is 12.3 Å². The van der Waals surface area contributed by atoms with Gasteiger partial charge in [-0.1, -0.05) is 12.1 Å². The predicted molar refractivity (Wildman–Crippen MR) is 66.4 cm³/mol. The molecule has 0 heterocycles. The molecule has 1 amide bonds. The molecule has 0 atom stereocenters. The van der Waals surface area contributed by atoms with Gasteiger partial charge in [0.25, 0.3) is 5.91 Å². The minimum Gasteiger partial charge on any atom is -0.466 e. The van der Waals surface area contributed by atoms with Gasteiger partial charge in [-0.15, -0.1) is 0 Å². The molecule has 0 saturated carbocycles. The van der Waals surface area contributed by atoms with Crippen LogP contribution >= 0.6 is 0 Å². The maximum atomic E-state index is 11.8. The van der Waals surface area contributed by atoms with Crippen LogP contribution in [0.15, 0.2) is 36.5 Å². The fourth-order valence-electron chi connectivity index (χ4n) is 1.30. The average Bonchev–Trinajstić information content (AvgIpc) is 2.45. The third-order valence-corrected chi connectivity index (χ3v) is 2.21. The van der Waals surface area contributed by atoms with Gasteiger partial charge >= 0.3 is 11.9 Å². The van der Waals surface area contributed by atoms with Crippen LogP contribution in [0.1, 0.15) is 20.7 Å². The van der Waals surface area contributed by atoms with Crippen LogP contribution in [0.4, 0.5) is 0 Å². The van der Waals surface area contributed by atoms with E-state index in [0.29, 0.717) is 0 Å². The summed E-state index contributed by atoms with van der Waals surface area (Å²) in [7, 11) is 2.45. The van der Waals surface area contributed by atoms with Crippen LogP contribution in [0.2, 0.25) is 0 Å². The van der Waals surface area contributed by atoms with Crippen molar-refractivity contribution in [3.8, 4) is 0 Å². The lowest BCUT2D eigenvalue weighted by Crippen LogP contribution is -2.21. The van der Waals surface area contributed by atoms with Crippen LogP contribution in [0.25, 0.3) is 0 Å². The Morgan fingerprint density at radius 2 is 1.68 bits per heavy atom. The number of amides is 1. The molecule has 0 aliphatic rings. The van der Waals surface area contributed by atoms with Crippen LogP contribution in [-0.2, 0) is 14.3 Å². The number of rotatable bonds is 4. The molecule has 0 saturated heterocycles. The Hall–Kier alpha value is -2.63. The lowest BCUT2D eigenvalue weighted by atomic mass is 10.1. The molecule has 0 spiro atoms. The predicted octanol–water partition coefficient (Wildman–Crippen LogP) is 0.890. The number of ether oxygens (including phenoxy) is 2. The van der Waals surface area contributed by atoms with Gasteiger partial charge in [0.05, 0.1) is 25.3 Å². The molecule has 1 aromatic rings. The van der Waals surface area contributed by atoms with Gasteiger partial charge in [-0.3, -0.25) is 4.79 Å². The zero-order valence-electron chi connectivity index (χ0n) is 10.5. The first-order chi connectivity index (χ1) is 9.10. The van der Waals surface area contributed by atoms with Crippen molar-refractivity contribution in [1.29, 1.82) is 0 Å². The fraction of sp³-hybridized carbons (Fsp3) is 0.154. The summed E-state index contributed by atoms with van der Waals surface area (Å²) < 4.78 is 8.94. The number of benzene rings is 1. The first kappa shape index (κ1) is 14.4. The van der Waals surface area contributed by atoms with Gasteiger partial charge in [-0.2, -0.15) is 0 Å². The molecule has 100 valence electrons. The lowest BCUT2D eigenvalue weighted by molar-refractivity contribution is -0.134. The summed E-state index contributed by atoms with van der Waals surface area (Å²) in [4.78, 5) is 34.1. The number of esters is 2. The molecule has 0 aromatic heterocycles. The molecule has 1 aromatic carbocycles. The third kappa shape index (κ3) is 3.95. The van der Waals surface area contributed by atoms with E-state index in [1.807, 2.05) is 0 Å². The summed E-state index contributed by atoms with van der Waals surface area (Å²) >= 11 is 0. The maximum absolute atomic E-state index is 11.8. The van der Waals surface area contributed by atoms with Crippen LogP contribution in [0, 0.1) is 0 Å². The summed E-state index contributed by atoms with van der Waals surface area (Å²) in [5.41, 5.74) is 0.304. The SMILES string of the molecule is COC(=O)/C=C/NC(=O)c1ccccc1C(=O)OC. The number of hydrogen-bond acceptors (Lipinski definition) is 5. The van der Waals surface area contributed by atoms with Gasteiger partial charge in [0, 0.05) is 12.3 Å².